The second kappa shape index (κ2) is 10.7. The molecule has 6 aromatic carbocycles. The summed E-state index contributed by atoms with van der Waals surface area (Å²) in [7, 11) is 0. The Labute approximate surface area is 275 Å². The summed E-state index contributed by atoms with van der Waals surface area (Å²) in [4.78, 5) is 7.52. The summed E-state index contributed by atoms with van der Waals surface area (Å²) >= 11 is 0. The molecule has 0 bridgehead atoms. The largest absolute Gasteiger partial charge is 0.436 e. The van der Waals surface area contributed by atoms with E-state index in [0.717, 1.165) is 39.5 Å². The molecule has 0 amide bonds. The number of aromatic nitrogens is 1. The maximum Gasteiger partial charge on any atom is 0.227 e. The van der Waals surface area contributed by atoms with Crippen LogP contribution in [-0.4, -0.2) is 11.0 Å². The lowest BCUT2D eigenvalue weighted by atomic mass is 9.82. The molecule has 0 saturated heterocycles. The average Bonchev–Trinajstić information content (AvgIpc) is 3.67. The summed E-state index contributed by atoms with van der Waals surface area (Å²) in [6, 6.07) is 47.8. The molecule has 9 rings (SSSR count). The van der Waals surface area contributed by atoms with Crippen molar-refractivity contribution in [3.63, 3.8) is 0 Å². The molecule has 0 radical (unpaired) electrons. The molecular formula is C44H34N2O. The van der Waals surface area contributed by atoms with E-state index in [4.69, 9.17) is 9.40 Å². The lowest BCUT2D eigenvalue weighted by molar-refractivity contribution is 0.620. The third-order valence-corrected chi connectivity index (χ3v) is 10.0. The third-order valence-electron chi connectivity index (χ3n) is 10.0. The van der Waals surface area contributed by atoms with Crippen LogP contribution in [0.3, 0.4) is 0 Å². The standard InChI is InChI=1S/C44H34N2O/c1-44(2)39-16-10-9-15-36(39)38-28-35(24-25-40(38)44)46(33-21-17-30(18-22-33)29-11-5-3-6-12-29)34-23-19-31-20-26-41-42(37(31)27-34)45-43(47-41)32-13-7-4-8-14-32/h3-21,23-28,33H,22H2,1-2H3. The van der Waals surface area contributed by atoms with E-state index < -0.39 is 0 Å². The van der Waals surface area contributed by atoms with Crippen LogP contribution in [0, 0.1) is 0 Å². The summed E-state index contributed by atoms with van der Waals surface area (Å²) in [6.07, 6.45) is 7.92. The first kappa shape index (κ1) is 27.6. The van der Waals surface area contributed by atoms with Gasteiger partial charge >= 0.3 is 0 Å². The van der Waals surface area contributed by atoms with Gasteiger partial charge in [-0.2, -0.15) is 0 Å². The Morgan fingerprint density at radius 1 is 0.681 bits per heavy atom. The molecule has 1 unspecified atom stereocenters. The Kier molecular flexibility index (Phi) is 6.29. The molecule has 0 N–H and O–H groups in total. The number of nitrogens with zero attached hydrogens (tertiary/aromatic N) is 2. The Morgan fingerprint density at radius 2 is 1.36 bits per heavy atom. The monoisotopic (exact) mass is 606 g/mol. The van der Waals surface area contributed by atoms with Crippen molar-refractivity contribution in [1.82, 2.24) is 4.98 Å². The van der Waals surface area contributed by atoms with Crippen molar-refractivity contribution in [2.24, 2.45) is 0 Å². The summed E-state index contributed by atoms with van der Waals surface area (Å²) < 4.78 is 6.28. The molecule has 1 atom stereocenters. The summed E-state index contributed by atoms with van der Waals surface area (Å²) in [5.74, 6) is 0.643. The van der Waals surface area contributed by atoms with Gasteiger partial charge in [0.15, 0.2) is 5.58 Å². The van der Waals surface area contributed by atoms with Gasteiger partial charge in [-0.15, -0.1) is 0 Å². The Morgan fingerprint density at radius 3 is 2.15 bits per heavy atom. The molecule has 1 heterocycles. The first-order valence-electron chi connectivity index (χ1n) is 16.4. The van der Waals surface area contributed by atoms with Crippen LogP contribution < -0.4 is 4.90 Å². The lowest BCUT2D eigenvalue weighted by Gasteiger charge is -2.34. The van der Waals surface area contributed by atoms with E-state index in [0.29, 0.717) is 5.89 Å². The Hall–Kier alpha value is -5.67. The fourth-order valence-corrected chi connectivity index (χ4v) is 7.59. The van der Waals surface area contributed by atoms with Gasteiger partial charge in [-0.25, -0.2) is 4.98 Å². The van der Waals surface area contributed by atoms with Crippen molar-refractivity contribution in [3.8, 4) is 22.6 Å². The van der Waals surface area contributed by atoms with E-state index >= 15 is 0 Å². The second-order valence-electron chi connectivity index (χ2n) is 13.2. The molecule has 3 nitrogen and oxygen atoms in total. The first-order chi connectivity index (χ1) is 23.0. The van der Waals surface area contributed by atoms with E-state index in [1.54, 1.807) is 0 Å². The smallest absolute Gasteiger partial charge is 0.227 e. The zero-order chi connectivity index (χ0) is 31.5. The van der Waals surface area contributed by atoms with Crippen LogP contribution in [-0.2, 0) is 5.41 Å². The van der Waals surface area contributed by atoms with Gasteiger partial charge < -0.3 is 9.32 Å². The van der Waals surface area contributed by atoms with Gasteiger partial charge in [-0.05, 0) is 87.7 Å². The highest BCUT2D eigenvalue weighted by Gasteiger charge is 2.36. The van der Waals surface area contributed by atoms with Crippen molar-refractivity contribution in [2.75, 3.05) is 4.90 Å². The van der Waals surface area contributed by atoms with E-state index in [1.807, 2.05) is 36.4 Å². The molecule has 3 heteroatoms. The fraction of sp³-hybridized carbons (Fsp3) is 0.114. The highest BCUT2D eigenvalue weighted by atomic mass is 16.3. The molecule has 0 saturated carbocycles. The van der Waals surface area contributed by atoms with E-state index in [1.165, 1.54) is 39.1 Å². The molecule has 0 aliphatic heterocycles. The van der Waals surface area contributed by atoms with Gasteiger partial charge in [0.25, 0.3) is 0 Å². The second-order valence-corrected chi connectivity index (χ2v) is 13.2. The van der Waals surface area contributed by atoms with Gasteiger partial charge in [0.1, 0.15) is 5.52 Å². The number of anilines is 2. The molecule has 1 aromatic heterocycles. The number of benzene rings is 6. The molecule has 2 aliphatic rings. The number of fused-ring (bicyclic) bond motifs is 6. The van der Waals surface area contributed by atoms with Gasteiger partial charge in [0, 0.05) is 27.7 Å². The van der Waals surface area contributed by atoms with Crippen LogP contribution >= 0.6 is 0 Å². The van der Waals surface area contributed by atoms with Crippen LogP contribution in [0.4, 0.5) is 11.4 Å². The number of hydrogen-bond donors (Lipinski definition) is 0. The van der Waals surface area contributed by atoms with Crippen molar-refractivity contribution >= 4 is 38.8 Å². The van der Waals surface area contributed by atoms with Crippen molar-refractivity contribution in [2.45, 2.75) is 31.7 Å². The van der Waals surface area contributed by atoms with Crippen molar-refractivity contribution in [3.05, 3.63) is 168 Å². The molecule has 0 spiro atoms. The quantitative estimate of drug-likeness (QED) is 0.195. The normalized spacial score (nSPS) is 16.2. The highest BCUT2D eigenvalue weighted by molar-refractivity contribution is 6.05. The highest BCUT2D eigenvalue weighted by Crippen LogP contribution is 2.50. The van der Waals surface area contributed by atoms with Crippen LogP contribution in [0.5, 0.6) is 0 Å². The summed E-state index contributed by atoms with van der Waals surface area (Å²) in [5, 5.41) is 2.23. The average molecular weight is 607 g/mol. The molecule has 0 fully saturated rings. The molecule has 7 aromatic rings. The maximum atomic E-state index is 6.28. The first-order valence-corrected chi connectivity index (χ1v) is 16.4. The van der Waals surface area contributed by atoms with Gasteiger partial charge in [0.2, 0.25) is 5.89 Å². The summed E-state index contributed by atoms with van der Waals surface area (Å²) in [6.45, 7) is 4.68. The fourth-order valence-electron chi connectivity index (χ4n) is 7.59. The predicted molar refractivity (Wildman–Crippen MR) is 195 cm³/mol. The van der Waals surface area contributed by atoms with Crippen LogP contribution in [0.15, 0.2) is 156 Å². The maximum absolute atomic E-state index is 6.28. The predicted octanol–water partition coefficient (Wildman–Crippen LogP) is 11.5. The van der Waals surface area contributed by atoms with Crippen LogP contribution in [0.1, 0.15) is 37.0 Å². The lowest BCUT2D eigenvalue weighted by Crippen LogP contribution is -2.30. The van der Waals surface area contributed by atoms with Gasteiger partial charge in [-0.3, -0.25) is 0 Å². The SMILES string of the molecule is CC1(C)c2ccccc2-c2cc(N(c3ccc4ccc5oc(-c6ccccc6)nc5c4c3)C3C=CC(c4ccccc4)=CC3)ccc21. The van der Waals surface area contributed by atoms with Crippen LogP contribution in [0.25, 0.3) is 50.0 Å². The third kappa shape index (κ3) is 4.53. The minimum absolute atomic E-state index is 0.0364. The molecule has 2 aliphatic carbocycles. The topological polar surface area (TPSA) is 29.3 Å². The Balaban J connectivity index is 1.19. The van der Waals surface area contributed by atoms with Crippen LogP contribution in [0.2, 0.25) is 0 Å². The minimum atomic E-state index is -0.0364. The number of hydrogen-bond acceptors (Lipinski definition) is 3. The number of allylic oxidation sites excluding steroid dienone is 2. The van der Waals surface area contributed by atoms with Crippen molar-refractivity contribution < 1.29 is 4.42 Å². The van der Waals surface area contributed by atoms with E-state index in [9.17, 15) is 0 Å². The minimum Gasteiger partial charge on any atom is -0.436 e. The number of oxazole rings is 1. The number of rotatable bonds is 5. The Bertz CT molecular complexity index is 2360. The van der Waals surface area contributed by atoms with Gasteiger partial charge in [-0.1, -0.05) is 123 Å². The zero-order valence-electron chi connectivity index (χ0n) is 26.5. The van der Waals surface area contributed by atoms with E-state index in [2.05, 4.69) is 134 Å². The zero-order valence-corrected chi connectivity index (χ0v) is 26.5. The molecule has 226 valence electrons. The van der Waals surface area contributed by atoms with Crippen molar-refractivity contribution in [1.29, 1.82) is 0 Å². The summed E-state index contributed by atoms with van der Waals surface area (Å²) in [5.41, 5.74) is 12.9. The molecular weight excluding hydrogens is 572 g/mol. The van der Waals surface area contributed by atoms with Gasteiger partial charge in [0.05, 0.1) is 6.04 Å². The van der Waals surface area contributed by atoms with E-state index in [-0.39, 0.29) is 11.5 Å². The molecule has 47 heavy (non-hydrogen) atoms.